The molecule has 0 spiro atoms. The van der Waals surface area contributed by atoms with Crippen molar-refractivity contribution in [2.75, 3.05) is 7.11 Å². The number of fused-ring (bicyclic) bond motifs is 1. The van der Waals surface area contributed by atoms with Crippen LogP contribution in [0.1, 0.15) is 96.5 Å². The van der Waals surface area contributed by atoms with Crippen molar-refractivity contribution in [3.05, 3.63) is 48.0 Å². The number of esters is 1. The highest BCUT2D eigenvalue weighted by Crippen LogP contribution is 2.45. The van der Waals surface area contributed by atoms with Gasteiger partial charge in [0.1, 0.15) is 6.10 Å². The number of benzene rings is 2. The van der Waals surface area contributed by atoms with Gasteiger partial charge in [-0.05, 0) is 36.5 Å². The molecule has 0 bridgehead atoms. The van der Waals surface area contributed by atoms with Crippen molar-refractivity contribution < 1.29 is 27.4 Å². The lowest BCUT2D eigenvalue weighted by atomic mass is 9.88. The molecule has 0 unspecified atom stereocenters. The largest absolute Gasteiger partial charge is 0.460 e. The standard InChI is InChI=1S/C29H41F3O3/c1-4-6-8-10-12-19-24(20-13-11-9-7-5-2)35-27(33)28(34-3,29(30,31)32)26-22-16-18-23-17-14-15-21-25(23)26/h14-18,21-22,24H,4-13,19-20H2,1-3H3/t28-/m1/s1. The molecule has 0 amide bonds. The minimum Gasteiger partial charge on any atom is -0.460 e. The molecule has 196 valence electrons. The van der Waals surface area contributed by atoms with Crippen molar-refractivity contribution in [1.82, 2.24) is 0 Å². The summed E-state index contributed by atoms with van der Waals surface area (Å²) in [6.07, 6.45) is 5.84. The highest BCUT2D eigenvalue weighted by Gasteiger charge is 2.64. The van der Waals surface area contributed by atoms with Crippen LogP contribution < -0.4 is 0 Å². The van der Waals surface area contributed by atoms with Gasteiger partial charge in [-0.1, -0.05) is 108 Å². The molecule has 0 radical (unpaired) electrons. The van der Waals surface area contributed by atoms with E-state index in [4.69, 9.17) is 9.47 Å². The van der Waals surface area contributed by atoms with Crippen LogP contribution in [0, 0.1) is 0 Å². The zero-order chi connectivity index (χ0) is 25.7. The Kier molecular flexibility index (Phi) is 12.1. The van der Waals surface area contributed by atoms with E-state index in [0.717, 1.165) is 71.3 Å². The van der Waals surface area contributed by atoms with Crippen LogP contribution in [0.5, 0.6) is 0 Å². The summed E-state index contributed by atoms with van der Waals surface area (Å²) in [7, 11) is 0.932. The van der Waals surface area contributed by atoms with Gasteiger partial charge >= 0.3 is 12.1 Å². The molecule has 0 aliphatic rings. The highest BCUT2D eigenvalue weighted by atomic mass is 19.4. The van der Waals surface area contributed by atoms with Crippen molar-refractivity contribution in [3.63, 3.8) is 0 Å². The summed E-state index contributed by atoms with van der Waals surface area (Å²) in [5.41, 5.74) is -3.42. The normalized spacial score (nSPS) is 13.8. The molecule has 35 heavy (non-hydrogen) atoms. The first-order valence-corrected chi connectivity index (χ1v) is 13.1. The molecule has 3 nitrogen and oxygen atoms in total. The third-order valence-corrected chi connectivity index (χ3v) is 6.69. The molecule has 0 aliphatic heterocycles. The fourth-order valence-corrected chi connectivity index (χ4v) is 4.67. The topological polar surface area (TPSA) is 35.5 Å². The maximum Gasteiger partial charge on any atom is 0.432 e. The minimum absolute atomic E-state index is 0.236. The third kappa shape index (κ3) is 7.70. The molecule has 1 atom stereocenters. The fraction of sp³-hybridized carbons (Fsp3) is 0.621. The van der Waals surface area contributed by atoms with E-state index < -0.39 is 23.9 Å². The summed E-state index contributed by atoms with van der Waals surface area (Å²) >= 11 is 0. The van der Waals surface area contributed by atoms with Crippen LogP contribution >= 0.6 is 0 Å². The van der Waals surface area contributed by atoms with Gasteiger partial charge in [0.2, 0.25) is 0 Å². The lowest BCUT2D eigenvalue weighted by Crippen LogP contribution is -2.52. The Labute approximate surface area is 208 Å². The molecule has 0 N–H and O–H groups in total. The number of unbranched alkanes of at least 4 members (excludes halogenated alkanes) is 8. The van der Waals surface area contributed by atoms with E-state index in [1.54, 1.807) is 30.3 Å². The van der Waals surface area contributed by atoms with E-state index >= 15 is 0 Å². The van der Waals surface area contributed by atoms with Crippen molar-refractivity contribution in [3.8, 4) is 0 Å². The lowest BCUT2D eigenvalue weighted by Gasteiger charge is -2.34. The number of hydrogen-bond acceptors (Lipinski definition) is 3. The van der Waals surface area contributed by atoms with Crippen molar-refractivity contribution in [2.45, 2.75) is 109 Å². The highest BCUT2D eigenvalue weighted by molar-refractivity contribution is 5.93. The summed E-state index contributed by atoms with van der Waals surface area (Å²) in [5.74, 6) is -1.38. The zero-order valence-corrected chi connectivity index (χ0v) is 21.5. The van der Waals surface area contributed by atoms with E-state index in [1.165, 1.54) is 12.1 Å². The Morgan fingerprint density at radius 3 is 1.89 bits per heavy atom. The van der Waals surface area contributed by atoms with Crippen LogP contribution in [0.15, 0.2) is 42.5 Å². The van der Waals surface area contributed by atoms with Gasteiger partial charge in [0.25, 0.3) is 5.60 Å². The van der Waals surface area contributed by atoms with E-state index in [0.29, 0.717) is 23.6 Å². The average molecular weight is 495 g/mol. The van der Waals surface area contributed by atoms with Crippen LogP contribution in [-0.4, -0.2) is 25.4 Å². The number of ether oxygens (including phenoxy) is 2. The van der Waals surface area contributed by atoms with Gasteiger partial charge in [-0.25, -0.2) is 4.79 Å². The average Bonchev–Trinajstić information content (AvgIpc) is 2.83. The Bertz CT molecular complexity index is 877. The summed E-state index contributed by atoms with van der Waals surface area (Å²) in [6, 6.07) is 11.3. The van der Waals surface area contributed by atoms with Gasteiger partial charge in [-0.15, -0.1) is 0 Å². The summed E-state index contributed by atoms with van der Waals surface area (Å²) in [5, 5.41) is 0.925. The van der Waals surface area contributed by atoms with Crippen molar-refractivity contribution in [2.24, 2.45) is 0 Å². The van der Waals surface area contributed by atoms with Gasteiger partial charge in [-0.3, -0.25) is 0 Å². The molecule has 6 heteroatoms. The van der Waals surface area contributed by atoms with Gasteiger partial charge in [0, 0.05) is 12.7 Å². The summed E-state index contributed by atoms with van der Waals surface area (Å²) in [4.78, 5) is 13.4. The molecular weight excluding hydrogens is 453 g/mol. The summed E-state index contributed by atoms with van der Waals surface area (Å²) < 4.78 is 54.7. The van der Waals surface area contributed by atoms with Crippen LogP contribution in [0.4, 0.5) is 13.2 Å². The first-order chi connectivity index (χ1) is 16.8. The quantitative estimate of drug-likeness (QED) is 0.173. The third-order valence-electron chi connectivity index (χ3n) is 6.69. The second-order valence-electron chi connectivity index (χ2n) is 9.34. The number of carbonyl (C=O) groups is 1. The van der Waals surface area contributed by atoms with Crippen LogP contribution in [0.2, 0.25) is 0 Å². The van der Waals surface area contributed by atoms with Gasteiger partial charge in [-0.2, -0.15) is 13.2 Å². The number of rotatable bonds is 16. The number of hydrogen-bond donors (Lipinski definition) is 0. The number of carbonyl (C=O) groups excluding carboxylic acids is 1. The van der Waals surface area contributed by atoms with Gasteiger partial charge < -0.3 is 9.47 Å². The number of alkyl halides is 3. The predicted molar refractivity (Wildman–Crippen MR) is 135 cm³/mol. The van der Waals surface area contributed by atoms with Gasteiger partial charge in [0.05, 0.1) is 0 Å². The molecule has 0 heterocycles. The second-order valence-corrected chi connectivity index (χ2v) is 9.34. The lowest BCUT2D eigenvalue weighted by molar-refractivity contribution is -0.278. The minimum atomic E-state index is -4.99. The fourth-order valence-electron chi connectivity index (χ4n) is 4.67. The van der Waals surface area contributed by atoms with Crippen LogP contribution in [0.25, 0.3) is 10.8 Å². The maximum atomic E-state index is 14.6. The maximum absolute atomic E-state index is 14.6. The van der Waals surface area contributed by atoms with Gasteiger partial charge in [0.15, 0.2) is 0 Å². The number of methoxy groups -OCH3 is 1. The monoisotopic (exact) mass is 494 g/mol. The Morgan fingerprint density at radius 2 is 1.34 bits per heavy atom. The van der Waals surface area contributed by atoms with Crippen molar-refractivity contribution in [1.29, 1.82) is 0 Å². The molecule has 0 aliphatic carbocycles. The zero-order valence-electron chi connectivity index (χ0n) is 21.5. The number of halogens is 3. The molecule has 2 rings (SSSR count). The van der Waals surface area contributed by atoms with Crippen molar-refractivity contribution >= 4 is 16.7 Å². The van der Waals surface area contributed by atoms with E-state index in [9.17, 15) is 18.0 Å². The molecule has 0 saturated heterocycles. The SMILES string of the molecule is CCCCCCCC(CCCCCCC)OC(=O)[C@](OC)(c1cccc2ccccc12)C(F)(F)F. The van der Waals surface area contributed by atoms with Crippen LogP contribution in [0.3, 0.4) is 0 Å². The van der Waals surface area contributed by atoms with E-state index in [2.05, 4.69) is 13.8 Å². The molecule has 2 aromatic rings. The molecule has 0 fully saturated rings. The predicted octanol–water partition coefficient (Wildman–Crippen LogP) is 8.88. The molecular formula is C29H41F3O3. The second kappa shape index (κ2) is 14.5. The molecule has 0 saturated carbocycles. The Morgan fingerprint density at radius 1 is 0.800 bits per heavy atom. The molecule has 2 aromatic carbocycles. The first-order valence-electron chi connectivity index (χ1n) is 13.1. The molecule has 0 aromatic heterocycles. The van der Waals surface area contributed by atoms with Crippen LogP contribution in [-0.2, 0) is 19.9 Å². The van der Waals surface area contributed by atoms with E-state index in [-0.39, 0.29) is 5.56 Å². The Hall–Kier alpha value is -2.08. The smallest absolute Gasteiger partial charge is 0.432 e. The summed E-state index contributed by atoms with van der Waals surface area (Å²) in [6.45, 7) is 4.27. The first kappa shape index (κ1) is 29.2. The van der Waals surface area contributed by atoms with E-state index in [1.807, 2.05) is 0 Å². The Balaban J connectivity index is 2.31.